The third kappa shape index (κ3) is 5.26. The first-order chi connectivity index (χ1) is 13.9. The number of hydrogen-bond acceptors (Lipinski definition) is 4. The van der Waals surface area contributed by atoms with E-state index in [1.165, 1.54) is 12.2 Å². The quantitative estimate of drug-likeness (QED) is 0.617. The predicted molar refractivity (Wildman–Crippen MR) is 120 cm³/mol. The molecule has 0 radical (unpaired) electrons. The summed E-state index contributed by atoms with van der Waals surface area (Å²) in [5.74, 6) is 0.872. The maximum Gasteiger partial charge on any atom is 0.187 e. The first kappa shape index (κ1) is 21.6. The van der Waals surface area contributed by atoms with Crippen LogP contribution in [0, 0.1) is 0 Å². The molecule has 4 heteroatoms. The van der Waals surface area contributed by atoms with Crippen molar-refractivity contribution in [2.24, 2.45) is 0 Å². The lowest BCUT2D eigenvalue weighted by molar-refractivity contribution is -0.112. The lowest BCUT2D eigenvalue weighted by Gasteiger charge is -2.23. The topological polar surface area (TPSA) is 52.6 Å². The molecule has 1 aliphatic rings. The minimum atomic E-state index is -0.374. The molecule has 0 spiro atoms. The molecule has 0 aromatic heterocycles. The highest BCUT2D eigenvalue weighted by Gasteiger charge is 2.26. The van der Waals surface area contributed by atoms with Crippen LogP contribution in [0.5, 0.6) is 11.5 Å². The summed E-state index contributed by atoms with van der Waals surface area (Å²) in [6.45, 7) is 11.8. The maximum absolute atomic E-state index is 12.9. The molecule has 2 aromatic carbocycles. The number of rotatable bonds is 4. The van der Waals surface area contributed by atoms with Crippen LogP contribution in [0.1, 0.15) is 52.7 Å². The van der Waals surface area contributed by atoms with Crippen LogP contribution >= 0.6 is 0 Å². The Morgan fingerprint density at radius 3 is 1.30 bits per heavy atom. The molecule has 30 heavy (non-hydrogen) atoms. The standard InChI is InChI=1S/C26H28O4/c1-25(2,3)29-19-11-7-9-17(15-19)23-21(27)13-14-22(28)24(23)18-10-8-12-20(16-18)30-26(4,5)6/h7-16H,1-6H3. The smallest absolute Gasteiger partial charge is 0.187 e. The van der Waals surface area contributed by atoms with Gasteiger partial charge in [-0.3, -0.25) is 9.59 Å². The van der Waals surface area contributed by atoms with Crippen LogP contribution in [-0.2, 0) is 9.59 Å². The Kier molecular flexibility index (Phi) is 5.71. The Hall–Kier alpha value is -3.14. The van der Waals surface area contributed by atoms with Crippen molar-refractivity contribution in [1.82, 2.24) is 0 Å². The van der Waals surface area contributed by atoms with Gasteiger partial charge in [0.2, 0.25) is 0 Å². The van der Waals surface area contributed by atoms with Crippen molar-refractivity contribution in [3.05, 3.63) is 71.8 Å². The summed E-state index contributed by atoms with van der Waals surface area (Å²) >= 11 is 0. The number of benzene rings is 2. The van der Waals surface area contributed by atoms with E-state index in [0.29, 0.717) is 33.8 Å². The van der Waals surface area contributed by atoms with E-state index in [-0.39, 0.29) is 22.8 Å². The van der Waals surface area contributed by atoms with Crippen molar-refractivity contribution >= 4 is 22.7 Å². The van der Waals surface area contributed by atoms with Crippen molar-refractivity contribution in [2.75, 3.05) is 0 Å². The highest BCUT2D eigenvalue weighted by atomic mass is 16.5. The minimum Gasteiger partial charge on any atom is -0.488 e. The summed E-state index contributed by atoms with van der Waals surface area (Å²) in [5, 5.41) is 0. The van der Waals surface area contributed by atoms with E-state index < -0.39 is 0 Å². The molecule has 3 rings (SSSR count). The number of ketones is 2. The number of carbonyl (C=O) groups is 2. The second-order valence-corrected chi connectivity index (χ2v) is 9.30. The fourth-order valence-electron chi connectivity index (χ4n) is 3.27. The molecule has 0 saturated heterocycles. The molecule has 0 bridgehead atoms. The number of hydrogen-bond donors (Lipinski definition) is 0. The van der Waals surface area contributed by atoms with Gasteiger partial charge in [0.25, 0.3) is 0 Å². The van der Waals surface area contributed by atoms with Gasteiger partial charge in [0, 0.05) is 11.1 Å². The van der Waals surface area contributed by atoms with E-state index in [4.69, 9.17) is 9.47 Å². The highest BCUT2D eigenvalue weighted by Crippen LogP contribution is 2.35. The van der Waals surface area contributed by atoms with Crippen molar-refractivity contribution < 1.29 is 19.1 Å². The summed E-state index contributed by atoms with van der Waals surface area (Å²) in [7, 11) is 0. The van der Waals surface area contributed by atoms with Gasteiger partial charge in [0.15, 0.2) is 11.6 Å². The molecule has 0 aliphatic heterocycles. The van der Waals surface area contributed by atoms with E-state index in [1.54, 1.807) is 12.1 Å². The monoisotopic (exact) mass is 404 g/mol. The summed E-state index contributed by atoms with van der Waals surface area (Å²) < 4.78 is 11.9. The van der Waals surface area contributed by atoms with E-state index in [2.05, 4.69) is 0 Å². The molecule has 1 aliphatic carbocycles. The second-order valence-electron chi connectivity index (χ2n) is 9.30. The van der Waals surface area contributed by atoms with E-state index >= 15 is 0 Å². The van der Waals surface area contributed by atoms with Crippen LogP contribution in [-0.4, -0.2) is 22.8 Å². The Bertz CT molecular complexity index is 960. The molecule has 156 valence electrons. The third-order valence-corrected chi connectivity index (χ3v) is 4.22. The summed E-state index contributed by atoms with van der Waals surface area (Å²) in [6.07, 6.45) is 2.65. The third-order valence-electron chi connectivity index (χ3n) is 4.22. The molecule has 0 fully saturated rings. The molecule has 0 N–H and O–H groups in total. The fraction of sp³-hybridized carbons (Fsp3) is 0.308. The molecule has 0 saturated carbocycles. The van der Waals surface area contributed by atoms with E-state index in [1.807, 2.05) is 77.9 Å². The maximum atomic E-state index is 12.9. The minimum absolute atomic E-state index is 0.209. The molecular formula is C26H28O4. The average molecular weight is 405 g/mol. The molecule has 0 unspecified atom stereocenters. The first-order valence-corrected chi connectivity index (χ1v) is 10.0. The molecule has 0 atom stereocenters. The van der Waals surface area contributed by atoms with Crippen LogP contribution in [0.2, 0.25) is 0 Å². The normalized spacial score (nSPS) is 14.9. The average Bonchev–Trinajstić information content (AvgIpc) is 2.61. The van der Waals surface area contributed by atoms with Gasteiger partial charge < -0.3 is 9.47 Å². The van der Waals surface area contributed by atoms with Gasteiger partial charge in [-0.15, -0.1) is 0 Å². The lowest BCUT2D eigenvalue weighted by atomic mass is 9.85. The molecule has 4 nitrogen and oxygen atoms in total. The SMILES string of the molecule is CC(C)(C)Oc1cccc(C2=C(c3cccc(OC(C)(C)C)c3)C(=O)C=CC2=O)c1. The Morgan fingerprint density at radius 2 is 0.967 bits per heavy atom. The molecule has 0 heterocycles. The van der Waals surface area contributed by atoms with Gasteiger partial charge in [-0.25, -0.2) is 0 Å². The van der Waals surface area contributed by atoms with E-state index in [9.17, 15) is 9.59 Å². The molecular weight excluding hydrogens is 376 g/mol. The zero-order valence-corrected chi connectivity index (χ0v) is 18.4. The predicted octanol–water partition coefficient (Wildman–Crippen LogP) is 5.66. The summed E-state index contributed by atoms with van der Waals surface area (Å²) in [6, 6.07) is 14.6. The summed E-state index contributed by atoms with van der Waals surface area (Å²) in [4.78, 5) is 25.7. The number of carbonyl (C=O) groups excluding carboxylic acids is 2. The van der Waals surface area contributed by atoms with Crippen molar-refractivity contribution in [3.63, 3.8) is 0 Å². The van der Waals surface area contributed by atoms with Crippen LogP contribution in [0.15, 0.2) is 60.7 Å². The second kappa shape index (κ2) is 7.94. The zero-order valence-electron chi connectivity index (χ0n) is 18.4. The van der Waals surface area contributed by atoms with Crippen LogP contribution in [0.3, 0.4) is 0 Å². The van der Waals surface area contributed by atoms with Gasteiger partial charge >= 0.3 is 0 Å². The Morgan fingerprint density at radius 1 is 0.600 bits per heavy atom. The summed E-state index contributed by atoms with van der Waals surface area (Å²) in [5.41, 5.74) is 1.29. The van der Waals surface area contributed by atoms with Gasteiger partial charge in [0.1, 0.15) is 22.7 Å². The van der Waals surface area contributed by atoms with E-state index in [0.717, 1.165) is 0 Å². The van der Waals surface area contributed by atoms with Crippen LogP contribution in [0.25, 0.3) is 11.1 Å². The highest BCUT2D eigenvalue weighted by molar-refractivity contribution is 6.48. The zero-order chi connectivity index (χ0) is 22.1. The molecule has 0 amide bonds. The van der Waals surface area contributed by atoms with Gasteiger partial charge in [0.05, 0.1) is 0 Å². The number of allylic oxidation sites excluding steroid dienone is 4. The van der Waals surface area contributed by atoms with Crippen molar-refractivity contribution in [2.45, 2.75) is 52.7 Å². The van der Waals surface area contributed by atoms with Crippen molar-refractivity contribution in [1.29, 1.82) is 0 Å². The van der Waals surface area contributed by atoms with Crippen LogP contribution in [0.4, 0.5) is 0 Å². The van der Waals surface area contributed by atoms with Crippen LogP contribution < -0.4 is 9.47 Å². The Labute approximate surface area is 178 Å². The lowest BCUT2D eigenvalue weighted by Crippen LogP contribution is -2.23. The number of ether oxygens (including phenoxy) is 2. The van der Waals surface area contributed by atoms with Gasteiger partial charge in [-0.1, -0.05) is 24.3 Å². The largest absolute Gasteiger partial charge is 0.488 e. The fourth-order valence-corrected chi connectivity index (χ4v) is 3.27. The van der Waals surface area contributed by atoms with Crippen molar-refractivity contribution in [3.8, 4) is 11.5 Å². The molecule has 2 aromatic rings. The van der Waals surface area contributed by atoms with Gasteiger partial charge in [-0.2, -0.15) is 0 Å². The van der Waals surface area contributed by atoms with Gasteiger partial charge in [-0.05, 0) is 89.1 Å². The first-order valence-electron chi connectivity index (χ1n) is 10.0. The Balaban J connectivity index is 2.14.